The van der Waals surface area contributed by atoms with Crippen LogP contribution in [0.25, 0.3) is 0 Å². The molecule has 2 heteroatoms. The second kappa shape index (κ2) is 5.76. The van der Waals surface area contributed by atoms with Crippen molar-refractivity contribution in [3.05, 3.63) is 30.1 Å². The topological polar surface area (TPSA) is 24.9 Å². The van der Waals surface area contributed by atoms with Gasteiger partial charge in [-0.15, -0.1) is 0 Å². The zero-order valence-electron chi connectivity index (χ0n) is 9.33. The molecule has 0 saturated carbocycles. The van der Waals surface area contributed by atoms with E-state index in [9.17, 15) is 0 Å². The van der Waals surface area contributed by atoms with Gasteiger partial charge < -0.3 is 5.32 Å². The lowest BCUT2D eigenvalue weighted by Crippen LogP contribution is -2.32. The van der Waals surface area contributed by atoms with Gasteiger partial charge in [0.15, 0.2) is 0 Å². The molecule has 1 aromatic heterocycles. The second-order valence-corrected chi connectivity index (χ2v) is 4.06. The molecule has 1 N–H and O–H groups in total. The Morgan fingerprint density at radius 3 is 2.64 bits per heavy atom. The minimum Gasteiger partial charge on any atom is -0.314 e. The van der Waals surface area contributed by atoms with Crippen LogP contribution in [-0.4, -0.2) is 17.6 Å². The maximum absolute atomic E-state index is 4.28. The lowest BCUT2D eigenvalue weighted by Gasteiger charge is -2.16. The van der Waals surface area contributed by atoms with E-state index in [4.69, 9.17) is 0 Å². The molecule has 1 aromatic rings. The summed E-state index contributed by atoms with van der Waals surface area (Å²) in [6, 6.07) is 6.64. The smallest absolute Gasteiger partial charge is 0.0416 e. The third-order valence-electron chi connectivity index (χ3n) is 2.57. The van der Waals surface area contributed by atoms with Gasteiger partial charge >= 0.3 is 0 Å². The Bertz CT molecular complexity index is 244. The predicted octanol–water partition coefficient (Wildman–Crippen LogP) is 2.26. The fourth-order valence-corrected chi connectivity index (χ4v) is 1.21. The highest BCUT2D eigenvalue weighted by atomic mass is 14.9. The van der Waals surface area contributed by atoms with Crippen molar-refractivity contribution in [2.75, 3.05) is 6.54 Å². The molecule has 14 heavy (non-hydrogen) atoms. The second-order valence-electron chi connectivity index (χ2n) is 4.06. The largest absolute Gasteiger partial charge is 0.314 e. The lowest BCUT2D eigenvalue weighted by molar-refractivity contribution is 0.429. The van der Waals surface area contributed by atoms with Crippen LogP contribution in [0.3, 0.4) is 0 Å². The van der Waals surface area contributed by atoms with Gasteiger partial charge in [-0.05, 0) is 25.0 Å². The van der Waals surface area contributed by atoms with E-state index >= 15 is 0 Å². The van der Waals surface area contributed by atoms with Crippen LogP contribution in [-0.2, 0) is 6.42 Å². The minimum absolute atomic E-state index is 0.582. The Morgan fingerprint density at radius 1 is 1.29 bits per heavy atom. The van der Waals surface area contributed by atoms with Gasteiger partial charge in [0.25, 0.3) is 0 Å². The lowest BCUT2D eigenvalue weighted by atomic mass is 10.1. The van der Waals surface area contributed by atoms with Gasteiger partial charge in [-0.2, -0.15) is 0 Å². The summed E-state index contributed by atoms with van der Waals surface area (Å²) in [5, 5.41) is 3.49. The van der Waals surface area contributed by atoms with E-state index in [2.05, 4.69) is 37.1 Å². The van der Waals surface area contributed by atoms with Gasteiger partial charge in [0.1, 0.15) is 0 Å². The van der Waals surface area contributed by atoms with Crippen LogP contribution in [0.5, 0.6) is 0 Å². The molecular weight excluding hydrogens is 172 g/mol. The molecule has 2 nitrogen and oxygen atoms in total. The van der Waals surface area contributed by atoms with Gasteiger partial charge in [-0.1, -0.05) is 19.9 Å². The Balaban J connectivity index is 2.22. The third-order valence-corrected chi connectivity index (χ3v) is 2.57. The van der Waals surface area contributed by atoms with E-state index < -0.39 is 0 Å². The highest BCUT2D eigenvalue weighted by Gasteiger charge is 2.04. The van der Waals surface area contributed by atoms with E-state index in [1.54, 1.807) is 0 Å². The first kappa shape index (κ1) is 11.2. The van der Waals surface area contributed by atoms with Crippen molar-refractivity contribution < 1.29 is 0 Å². The molecule has 0 saturated heterocycles. The fourth-order valence-electron chi connectivity index (χ4n) is 1.21. The Morgan fingerprint density at radius 2 is 2.07 bits per heavy atom. The van der Waals surface area contributed by atoms with Crippen LogP contribution in [0.15, 0.2) is 24.4 Å². The SMILES string of the molecule is CC(C)C(C)NCCc1ccccn1. The summed E-state index contributed by atoms with van der Waals surface area (Å²) in [6.45, 7) is 7.70. The first-order valence-corrected chi connectivity index (χ1v) is 5.33. The monoisotopic (exact) mass is 192 g/mol. The van der Waals surface area contributed by atoms with Crippen LogP contribution in [0.4, 0.5) is 0 Å². The number of hydrogen-bond acceptors (Lipinski definition) is 2. The normalized spacial score (nSPS) is 13.1. The first-order chi connectivity index (χ1) is 6.70. The molecule has 0 aliphatic heterocycles. The maximum Gasteiger partial charge on any atom is 0.0416 e. The zero-order chi connectivity index (χ0) is 10.4. The van der Waals surface area contributed by atoms with Crippen LogP contribution in [0.1, 0.15) is 26.5 Å². The summed E-state index contributed by atoms with van der Waals surface area (Å²) < 4.78 is 0. The molecule has 0 spiro atoms. The van der Waals surface area contributed by atoms with Crippen molar-refractivity contribution >= 4 is 0 Å². The van der Waals surface area contributed by atoms with E-state index in [0.717, 1.165) is 18.7 Å². The van der Waals surface area contributed by atoms with Gasteiger partial charge in [0.05, 0.1) is 0 Å². The molecule has 0 bridgehead atoms. The standard InChI is InChI=1S/C12H20N2/c1-10(2)11(3)13-9-7-12-6-4-5-8-14-12/h4-6,8,10-11,13H,7,9H2,1-3H3. The van der Waals surface area contributed by atoms with Crippen LogP contribution >= 0.6 is 0 Å². The summed E-state index contributed by atoms with van der Waals surface area (Å²) >= 11 is 0. The van der Waals surface area contributed by atoms with Crippen molar-refractivity contribution in [2.24, 2.45) is 5.92 Å². The molecule has 0 aromatic carbocycles. The molecule has 1 unspecified atom stereocenters. The van der Waals surface area contributed by atoms with Gasteiger partial charge in [-0.25, -0.2) is 0 Å². The average Bonchev–Trinajstić information content (AvgIpc) is 2.19. The molecular formula is C12H20N2. The average molecular weight is 192 g/mol. The van der Waals surface area contributed by atoms with E-state index in [1.165, 1.54) is 0 Å². The van der Waals surface area contributed by atoms with Crippen LogP contribution < -0.4 is 5.32 Å². The first-order valence-electron chi connectivity index (χ1n) is 5.33. The van der Waals surface area contributed by atoms with E-state index in [1.807, 2.05) is 18.3 Å². The number of rotatable bonds is 5. The third kappa shape index (κ3) is 3.88. The number of pyridine rings is 1. The van der Waals surface area contributed by atoms with Crippen molar-refractivity contribution in [2.45, 2.75) is 33.2 Å². The van der Waals surface area contributed by atoms with Gasteiger partial charge in [0.2, 0.25) is 0 Å². The zero-order valence-corrected chi connectivity index (χ0v) is 9.33. The quantitative estimate of drug-likeness (QED) is 0.774. The Hall–Kier alpha value is -0.890. The Labute approximate surface area is 86.8 Å². The summed E-state index contributed by atoms with van der Waals surface area (Å²) in [5.74, 6) is 0.693. The molecule has 0 amide bonds. The van der Waals surface area contributed by atoms with Crippen molar-refractivity contribution in [1.82, 2.24) is 10.3 Å². The maximum atomic E-state index is 4.28. The molecule has 78 valence electrons. The number of nitrogens with one attached hydrogen (secondary N) is 1. The minimum atomic E-state index is 0.582. The van der Waals surface area contributed by atoms with E-state index in [0.29, 0.717) is 12.0 Å². The molecule has 0 aliphatic rings. The number of aromatic nitrogens is 1. The molecule has 1 atom stereocenters. The highest BCUT2D eigenvalue weighted by molar-refractivity contribution is 5.03. The van der Waals surface area contributed by atoms with Gasteiger partial charge in [-0.3, -0.25) is 4.98 Å². The highest BCUT2D eigenvalue weighted by Crippen LogP contribution is 2.00. The van der Waals surface area contributed by atoms with Crippen molar-refractivity contribution in [1.29, 1.82) is 0 Å². The number of hydrogen-bond donors (Lipinski definition) is 1. The molecule has 0 fully saturated rings. The summed E-state index contributed by atoms with van der Waals surface area (Å²) in [4.78, 5) is 4.28. The summed E-state index contributed by atoms with van der Waals surface area (Å²) in [5.41, 5.74) is 1.16. The summed E-state index contributed by atoms with van der Waals surface area (Å²) in [7, 11) is 0. The molecule has 1 heterocycles. The predicted molar refractivity (Wildman–Crippen MR) is 60.2 cm³/mol. The molecule has 0 radical (unpaired) electrons. The fraction of sp³-hybridized carbons (Fsp3) is 0.583. The van der Waals surface area contributed by atoms with Gasteiger partial charge in [0, 0.05) is 30.9 Å². The Kier molecular flexibility index (Phi) is 4.60. The molecule has 1 rings (SSSR count). The van der Waals surface area contributed by atoms with Crippen LogP contribution in [0.2, 0.25) is 0 Å². The van der Waals surface area contributed by atoms with Crippen molar-refractivity contribution in [3.8, 4) is 0 Å². The van der Waals surface area contributed by atoms with Crippen LogP contribution in [0, 0.1) is 5.92 Å². The molecule has 0 aliphatic carbocycles. The van der Waals surface area contributed by atoms with E-state index in [-0.39, 0.29) is 0 Å². The summed E-state index contributed by atoms with van der Waals surface area (Å²) in [6.07, 6.45) is 2.86. The van der Waals surface area contributed by atoms with Crippen molar-refractivity contribution in [3.63, 3.8) is 0 Å². The number of nitrogens with zero attached hydrogens (tertiary/aromatic N) is 1.